The van der Waals surface area contributed by atoms with E-state index in [9.17, 15) is 5.11 Å². The zero-order valence-corrected chi connectivity index (χ0v) is 19.8. The second kappa shape index (κ2) is 7.17. The van der Waals surface area contributed by atoms with Gasteiger partial charge in [-0.3, -0.25) is 0 Å². The normalized spacial score (nSPS) is 16.6. The van der Waals surface area contributed by atoms with Crippen LogP contribution in [0.15, 0.2) is 120 Å². The molecule has 0 saturated carbocycles. The van der Waals surface area contributed by atoms with Crippen LogP contribution < -0.4 is 0 Å². The second-order valence-electron chi connectivity index (χ2n) is 8.81. The lowest BCUT2D eigenvalue weighted by Crippen LogP contribution is -2.28. The molecule has 3 heteroatoms. The zero-order chi connectivity index (χ0) is 22.9. The van der Waals surface area contributed by atoms with E-state index in [-0.39, 0.29) is 0 Å². The topological polar surface area (TPSA) is 25.2 Å². The summed E-state index contributed by atoms with van der Waals surface area (Å²) in [5, 5.41) is 15.1. The Bertz CT molecular complexity index is 1690. The van der Waals surface area contributed by atoms with Crippen molar-refractivity contribution in [2.75, 3.05) is 0 Å². The molecule has 0 bridgehead atoms. The average molecular weight is 502 g/mol. The lowest BCUT2D eigenvalue weighted by molar-refractivity contribution is 0.130. The summed E-state index contributed by atoms with van der Waals surface area (Å²) in [5.41, 5.74) is 6.71. The molecule has 0 spiro atoms. The molecule has 2 nitrogen and oxygen atoms in total. The van der Waals surface area contributed by atoms with E-state index >= 15 is 0 Å². The molecule has 0 aliphatic heterocycles. The van der Waals surface area contributed by atoms with E-state index in [0.29, 0.717) is 0 Å². The van der Waals surface area contributed by atoms with Crippen molar-refractivity contribution in [1.82, 2.24) is 4.57 Å². The Balaban J connectivity index is 1.63. The fourth-order valence-electron chi connectivity index (χ4n) is 5.72. The minimum Gasteiger partial charge on any atom is -0.376 e. The zero-order valence-electron chi connectivity index (χ0n) is 18.2. The summed E-state index contributed by atoms with van der Waals surface area (Å²) in [6.45, 7) is 0. The van der Waals surface area contributed by atoms with Gasteiger partial charge in [-0.25, -0.2) is 0 Å². The second-order valence-corrected chi connectivity index (χ2v) is 9.66. The third-order valence-electron chi connectivity index (χ3n) is 7.10. The molecule has 34 heavy (non-hydrogen) atoms. The largest absolute Gasteiger partial charge is 0.376 e. The molecule has 0 saturated heterocycles. The maximum absolute atomic E-state index is 12.7. The van der Waals surface area contributed by atoms with Crippen LogP contribution in [0.2, 0.25) is 0 Å². The van der Waals surface area contributed by atoms with Crippen LogP contribution >= 0.6 is 15.9 Å². The van der Waals surface area contributed by atoms with Gasteiger partial charge in [-0.05, 0) is 35.4 Å². The number of nitrogens with zero attached hydrogens (tertiary/aromatic N) is 1. The van der Waals surface area contributed by atoms with Crippen LogP contribution in [0.1, 0.15) is 16.7 Å². The maximum atomic E-state index is 12.7. The highest BCUT2D eigenvalue weighted by Crippen LogP contribution is 2.54. The molecule has 5 aromatic carbocycles. The summed E-state index contributed by atoms with van der Waals surface area (Å²) in [6, 6.07) is 39.5. The van der Waals surface area contributed by atoms with Gasteiger partial charge in [0.05, 0.1) is 16.7 Å². The summed E-state index contributed by atoms with van der Waals surface area (Å²) in [7, 11) is 0. The molecule has 6 aromatic rings. The molecule has 7 rings (SSSR count). The first-order valence-corrected chi connectivity index (χ1v) is 12.2. The molecule has 0 amide bonds. The van der Waals surface area contributed by atoms with Gasteiger partial charge in [-0.2, -0.15) is 0 Å². The summed E-state index contributed by atoms with van der Waals surface area (Å²) < 4.78 is 3.19. The van der Waals surface area contributed by atoms with E-state index in [2.05, 4.69) is 93.3 Å². The average Bonchev–Trinajstić information content (AvgIpc) is 3.36. The van der Waals surface area contributed by atoms with E-state index in [0.717, 1.165) is 49.0 Å². The number of aliphatic hydroxyl groups is 1. The molecule has 1 aliphatic rings. The van der Waals surface area contributed by atoms with Gasteiger partial charge in [-0.1, -0.05) is 107 Å². The molecular formula is C31H20BrNO. The van der Waals surface area contributed by atoms with Gasteiger partial charge in [0.1, 0.15) is 5.60 Å². The highest BCUT2D eigenvalue weighted by molar-refractivity contribution is 9.10. The Kier molecular flexibility index (Phi) is 4.17. The summed E-state index contributed by atoms with van der Waals surface area (Å²) in [5.74, 6) is 0. The van der Waals surface area contributed by atoms with E-state index in [1.165, 1.54) is 10.8 Å². The minimum absolute atomic E-state index is 0.861. The van der Waals surface area contributed by atoms with E-state index in [4.69, 9.17) is 0 Å². The number of hydrogen-bond acceptors (Lipinski definition) is 1. The predicted octanol–water partition coefficient (Wildman–Crippen LogP) is 7.81. The fourth-order valence-corrected chi connectivity index (χ4v) is 6.37. The van der Waals surface area contributed by atoms with Crippen molar-refractivity contribution in [1.29, 1.82) is 0 Å². The standard InChI is InChI=1S/C31H20BrNO/c32-26-16-9-13-23-20-10-1-4-14-24(20)31(34,30(23)26)25-15-5-8-19-29(25)33-27-17-6-2-11-21(27)22-12-3-7-18-28(22)33/h1-19,34H. The maximum Gasteiger partial charge on any atom is 0.144 e. The molecule has 1 unspecified atom stereocenters. The van der Waals surface area contributed by atoms with Crippen molar-refractivity contribution in [3.05, 3.63) is 136 Å². The summed E-state index contributed by atoms with van der Waals surface area (Å²) in [6.07, 6.45) is 0. The number of fused-ring (bicyclic) bond motifs is 6. The highest BCUT2D eigenvalue weighted by Gasteiger charge is 2.45. The van der Waals surface area contributed by atoms with Gasteiger partial charge < -0.3 is 9.67 Å². The first-order chi connectivity index (χ1) is 16.7. The first kappa shape index (κ1) is 19.8. The monoisotopic (exact) mass is 501 g/mol. The molecule has 1 heterocycles. The first-order valence-electron chi connectivity index (χ1n) is 11.4. The Morgan fingerprint density at radius 1 is 0.559 bits per heavy atom. The third-order valence-corrected chi connectivity index (χ3v) is 7.76. The van der Waals surface area contributed by atoms with Crippen molar-refractivity contribution < 1.29 is 5.11 Å². The number of aromatic nitrogens is 1. The smallest absolute Gasteiger partial charge is 0.144 e. The van der Waals surface area contributed by atoms with E-state index < -0.39 is 5.60 Å². The van der Waals surface area contributed by atoms with Gasteiger partial charge >= 0.3 is 0 Å². The van der Waals surface area contributed by atoms with Gasteiger partial charge in [0, 0.05) is 31.9 Å². The minimum atomic E-state index is -1.30. The van der Waals surface area contributed by atoms with Crippen molar-refractivity contribution in [3.63, 3.8) is 0 Å². The van der Waals surface area contributed by atoms with Crippen molar-refractivity contribution in [3.8, 4) is 16.8 Å². The van der Waals surface area contributed by atoms with Crippen molar-refractivity contribution in [2.45, 2.75) is 5.60 Å². The number of hydrogen-bond donors (Lipinski definition) is 1. The number of rotatable bonds is 2. The van der Waals surface area contributed by atoms with Crippen LogP contribution in [0.3, 0.4) is 0 Å². The summed E-state index contributed by atoms with van der Waals surface area (Å²) >= 11 is 3.77. The third kappa shape index (κ3) is 2.48. The predicted molar refractivity (Wildman–Crippen MR) is 142 cm³/mol. The van der Waals surface area contributed by atoms with Crippen LogP contribution in [-0.2, 0) is 5.60 Å². The lowest BCUT2D eigenvalue weighted by Gasteiger charge is -2.30. The molecule has 0 radical (unpaired) electrons. The number of para-hydroxylation sites is 3. The number of halogens is 1. The Morgan fingerprint density at radius 2 is 1.12 bits per heavy atom. The summed E-state index contributed by atoms with van der Waals surface area (Å²) in [4.78, 5) is 0. The van der Waals surface area contributed by atoms with Gasteiger partial charge in [-0.15, -0.1) is 0 Å². The molecule has 1 N–H and O–H groups in total. The van der Waals surface area contributed by atoms with Crippen molar-refractivity contribution in [2.24, 2.45) is 0 Å². The van der Waals surface area contributed by atoms with Crippen LogP contribution in [-0.4, -0.2) is 9.67 Å². The molecule has 0 fully saturated rings. The Morgan fingerprint density at radius 3 is 1.85 bits per heavy atom. The quantitative estimate of drug-likeness (QED) is 0.257. The van der Waals surface area contributed by atoms with Gasteiger partial charge in [0.2, 0.25) is 0 Å². The molecular weight excluding hydrogens is 482 g/mol. The highest BCUT2D eigenvalue weighted by atomic mass is 79.9. The van der Waals surface area contributed by atoms with Crippen molar-refractivity contribution >= 4 is 37.7 Å². The van der Waals surface area contributed by atoms with Crippen LogP contribution in [0.5, 0.6) is 0 Å². The van der Waals surface area contributed by atoms with Gasteiger partial charge in [0.25, 0.3) is 0 Å². The lowest BCUT2D eigenvalue weighted by atomic mass is 9.83. The van der Waals surface area contributed by atoms with Crippen LogP contribution in [0, 0.1) is 0 Å². The molecule has 1 atom stereocenters. The molecule has 1 aromatic heterocycles. The molecule has 1 aliphatic carbocycles. The van der Waals surface area contributed by atoms with Gasteiger partial charge in [0.15, 0.2) is 0 Å². The van der Waals surface area contributed by atoms with Crippen LogP contribution in [0.25, 0.3) is 38.6 Å². The fraction of sp³-hybridized carbons (Fsp3) is 0.0323. The van der Waals surface area contributed by atoms with E-state index in [1.54, 1.807) is 0 Å². The van der Waals surface area contributed by atoms with Crippen LogP contribution in [0.4, 0.5) is 0 Å². The SMILES string of the molecule is OC1(c2ccccc2-n2c3ccccc3c3ccccc32)c2ccccc2-c2cccc(Br)c21. The Hall–Kier alpha value is -3.66. The number of benzene rings is 5. The van der Waals surface area contributed by atoms with E-state index in [1.807, 2.05) is 42.5 Å². The Labute approximate surface area is 205 Å². The molecule has 162 valence electrons.